The van der Waals surface area contributed by atoms with Crippen molar-refractivity contribution in [2.24, 2.45) is 7.05 Å². The van der Waals surface area contributed by atoms with E-state index in [0.717, 1.165) is 65.9 Å². The number of rotatable bonds is 10. The van der Waals surface area contributed by atoms with Gasteiger partial charge < -0.3 is 30.4 Å². The number of aryl methyl sites for hydroxylation is 2. The molecule has 0 spiro atoms. The molecule has 45 heavy (non-hydrogen) atoms. The number of carbonyl (C=O) groups excluding carboxylic acids is 1. The number of nitrogens with zero attached hydrogens (tertiary/aromatic N) is 6. The van der Waals surface area contributed by atoms with E-state index in [1.54, 1.807) is 30.0 Å². The highest BCUT2D eigenvalue weighted by molar-refractivity contribution is 5.97. The van der Waals surface area contributed by atoms with Crippen LogP contribution in [0.3, 0.4) is 0 Å². The van der Waals surface area contributed by atoms with Crippen LogP contribution < -0.4 is 15.4 Å². The second kappa shape index (κ2) is 13.0. The van der Waals surface area contributed by atoms with Gasteiger partial charge in [0, 0.05) is 74.7 Å². The van der Waals surface area contributed by atoms with Gasteiger partial charge in [-0.05, 0) is 43.7 Å². The van der Waals surface area contributed by atoms with Crippen LogP contribution in [0.15, 0.2) is 61.1 Å². The molecule has 1 saturated heterocycles. The highest BCUT2D eigenvalue weighted by Crippen LogP contribution is 2.33. The normalized spacial score (nSPS) is 14.8. The van der Waals surface area contributed by atoms with Crippen molar-refractivity contribution in [1.82, 2.24) is 39.8 Å². The molecule has 1 atom stereocenters. The first-order valence-corrected chi connectivity index (χ1v) is 15.1. The molecule has 0 bridgehead atoms. The number of H-pyrrole nitrogens is 1. The van der Waals surface area contributed by atoms with Gasteiger partial charge >= 0.3 is 0 Å². The van der Waals surface area contributed by atoms with E-state index in [1.165, 1.54) is 6.07 Å². The van der Waals surface area contributed by atoms with E-state index in [0.29, 0.717) is 24.1 Å². The van der Waals surface area contributed by atoms with Gasteiger partial charge in [0.05, 0.1) is 24.6 Å². The van der Waals surface area contributed by atoms with Crippen molar-refractivity contribution in [3.05, 3.63) is 77.7 Å². The van der Waals surface area contributed by atoms with Gasteiger partial charge in [0.1, 0.15) is 11.4 Å². The van der Waals surface area contributed by atoms with Crippen LogP contribution in [0.25, 0.3) is 22.2 Å². The van der Waals surface area contributed by atoms with Gasteiger partial charge in [-0.15, -0.1) is 5.10 Å². The summed E-state index contributed by atoms with van der Waals surface area (Å²) >= 11 is 0. The topological polar surface area (TPSA) is 136 Å². The maximum atomic E-state index is 13.0. The molecule has 2 aromatic carbocycles. The first kappa shape index (κ1) is 30.1. The minimum Gasteiger partial charge on any atom is -0.507 e. The maximum absolute atomic E-state index is 13.0. The smallest absolute Gasteiger partial charge is 0.256 e. The zero-order chi connectivity index (χ0) is 31.5. The van der Waals surface area contributed by atoms with Crippen molar-refractivity contribution in [1.29, 1.82) is 0 Å². The molecule has 5 aromatic rings. The number of methoxy groups -OCH3 is 1. The molecular formula is C33H39N9O3. The summed E-state index contributed by atoms with van der Waals surface area (Å²) in [5, 5.41) is 21.9. The summed E-state index contributed by atoms with van der Waals surface area (Å²) in [7, 11) is 5.54. The summed E-state index contributed by atoms with van der Waals surface area (Å²) < 4.78 is 7.05. The number of aromatic amines is 1. The first-order chi connectivity index (χ1) is 21.8. The van der Waals surface area contributed by atoms with Gasteiger partial charge in [0.15, 0.2) is 0 Å². The number of carbonyl (C=O) groups is 1. The molecule has 0 saturated carbocycles. The quantitative estimate of drug-likeness (QED) is 0.187. The van der Waals surface area contributed by atoms with Crippen LogP contribution in [-0.2, 0) is 13.5 Å². The average Bonchev–Trinajstić information content (AvgIpc) is 3.63. The minimum atomic E-state index is -0.278. The number of piperazine rings is 1. The third kappa shape index (κ3) is 6.47. The molecule has 1 aliphatic rings. The molecule has 1 amide bonds. The molecule has 12 nitrogen and oxygen atoms in total. The molecule has 4 heterocycles. The highest BCUT2D eigenvalue weighted by Gasteiger charge is 2.25. The number of hydrogen-bond donors (Lipinski definition) is 4. The molecule has 1 aliphatic heterocycles. The Morgan fingerprint density at radius 2 is 1.91 bits per heavy atom. The summed E-state index contributed by atoms with van der Waals surface area (Å²) in [5.41, 5.74) is 5.92. The Balaban J connectivity index is 1.27. The van der Waals surface area contributed by atoms with E-state index in [-0.39, 0.29) is 23.3 Å². The number of nitrogens with one attached hydrogen (secondary N) is 3. The number of fused-ring (bicyclic) bond motifs is 1. The lowest BCUT2D eigenvalue weighted by atomic mass is 9.99. The SMILES string of the molecule is COc1nn(C)cc1Nc1ncc(C)c(-c2c[nH]c3c(C[C@H](CNC(=O)c4ccccc4O)N4CCN(C)CC4)cccc23)n1. The lowest BCUT2D eigenvalue weighted by Gasteiger charge is -2.38. The number of phenols is 1. The Morgan fingerprint density at radius 1 is 1.11 bits per heavy atom. The molecular weight excluding hydrogens is 570 g/mol. The third-order valence-corrected chi connectivity index (χ3v) is 8.42. The van der Waals surface area contributed by atoms with Crippen molar-refractivity contribution in [2.75, 3.05) is 52.2 Å². The molecule has 12 heteroatoms. The number of amides is 1. The molecule has 1 fully saturated rings. The van der Waals surface area contributed by atoms with Gasteiger partial charge in [-0.1, -0.05) is 30.3 Å². The Hall–Kier alpha value is -4.94. The van der Waals surface area contributed by atoms with Crippen LogP contribution in [0.2, 0.25) is 0 Å². The standard InChI is InChI=1S/C33H39N9O3/c1-21-17-36-33(37-27-20-41(3)39-32(27)45-4)38-29(21)26-19-34-30-22(8-7-10-24(26)30)16-23(42-14-12-40(2)13-15-42)18-35-31(44)25-9-5-6-11-28(25)43/h5-11,17,19-20,23,34,43H,12-16,18H2,1-4H3,(H,35,44)(H,36,37,38)/t23-/m1/s1. The fourth-order valence-corrected chi connectivity index (χ4v) is 5.93. The molecule has 3 aromatic heterocycles. The zero-order valence-electron chi connectivity index (χ0n) is 26.0. The molecule has 0 aliphatic carbocycles. The molecule has 234 valence electrons. The van der Waals surface area contributed by atoms with Crippen LogP contribution in [0.4, 0.5) is 11.6 Å². The van der Waals surface area contributed by atoms with E-state index >= 15 is 0 Å². The monoisotopic (exact) mass is 609 g/mol. The lowest BCUT2D eigenvalue weighted by Crippen LogP contribution is -2.53. The maximum Gasteiger partial charge on any atom is 0.256 e. The molecule has 4 N–H and O–H groups in total. The largest absolute Gasteiger partial charge is 0.507 e. The zero-order valence-corrected chi connectivity index (χ0v) is 26.0. The molecule has 6 rings (SSSR count). The first-order valence-electron chi connectivity index (χ1n) is 15.1. The van der Waals surface area contributed by atoms with Crippen LogP contribution >= 0.6 is 0 Å². The number of ether oxygens (including phenoxy) is 1. The Kier molecular flexibility index (Phi) is 8.67. The second-order valence-electron chi connectivity index (χ2n) is 11.5. The van der Waals surface area contributed by atoms with Crippen LogP contribution in [0.5, 0.6) is 11.6 Å². The summed E-state index contributed by atoms with van der Waals surface area (Å²) in [6.07, 6.45) is 6.37. The number of para-hydroxylation sites is 2. The average molecular weight is 610 g/mol. The molecule has 0 radical (unpaired) electrons. The van der Waals surface area contributed by atoms with Crippen LogP contribution in [-0.4, -0.2) is 98.5 Å². The van der Waals surface area contributed by atoms with E-state index in [9.17, 15) is 9.90 Å². The third-order valence-electron chi connectivity index (χ3n) is 8.42. The van der Waals surface area contributed by atoms with E-state index < -0.39 is 0 Å². The predicted molar refractivity (Wildman–Crippen MR) is 174 cm³/mol. The summed E-state index contributed by atoms with van der Waals surface area (Å²) in [5.74, 6) is 0.613. The number of phenolic OH excluding ortho intramolecular Hbond substituents is 1. The van der Waals surface area contributed by atoms with Gasteiger partial charge in [-0.3, -0.25) is 14.4 Å². The number of hydrogen-bond acceptors (Lipinski definition) is 9. The van der Waals surface area contributed by atoms with E-state index in [1.807, 2.05) is 32.6 Å². The number of benzene rings is 2. The Bertz CT molecular complexity index is 1810. The van der Waals surface area contributed by atoms with Gasteiger partial charge in [0.2, 0.25) is 5.95 Å². The van der Waals surface area contributed by atoms with Gasteiger partial charge in [-0.2, -0.15) is 0 Å². The summed E-state index contributed by atoms with van der Waals surface area (Å²) in [6.45, 7) is 6.22. The molecule has 0 unspecified atom stereocenters. The van der Waals surface area contributed by atoms with Crippen molar-refractivity contribution in [3.63, 3.8) is 0 Å². The summed E-state index contributed by atoms with van der Waals surface area (Å²) in [4.78, 5) is 30.7. The second-order valence-corrected chi connectivity index (χ2v) is 11.5. The van der Waals surface area contributed by atoms with Gasteiger partial charge in [0.25, 0.3) is 11.8 Å². The Labute approximate surface area is 262 Å². The number of likely N-dealkylation sites (N-methyl/N-ethyl adjacent to an activating group) is 1. The fourth-order valence-electron chi connectivity index (χ4n) is 5.93. The van der Waals surface area contributed by atoms with Crippen LogP contribution in [0.1, 0.15) is 21.5 Å². The van der Waals surface area contributed by atoms with Gasteiger partial charge in [-0.25, -0.2) is 9.97 Å². The van der Waals surface area contributed by atoms with E-state index in [2.05, 4.69) is 60.7 Å². The summed E-state index contributed by atoms with van der Waals surface area (Å²) in [6, 6.07) is 13.0. The number of aromatic nitrogens is 5. The van der Waals surface area contributed by atoms with Crippen molar-refractivity contribution in [3.8, 4) is 22.9 Å². The fraction of sp³-hybridized carbons (Fsp3) is 0.333. The minimum absolute atomic E-state index is 0.0206. The number of aromatic hydroxyl groups is 1. The lowest BCUT2D eigenvalue weighted by molar-refractivity contribution is 0.0884. The Morgan fingerprint density at radius 3 is 2.69 bits per heavy atom. The van der Waals surface area contributed by atoms with E-state index in [4.69, 9.17) is 9.72 Å². The van der Waals surface area contributed by atoms with Crippen molar-refractivity contribution >= 4 is 28.4 Å². The van der Waals surface area contributed by atoms with Crippen molar-refractivity contribution < 1.29 is 14.6 Å². The predicted octanol–water partition coefficient (Wildman–Crippen LogP) is 3.71. The van der Waals surface area contributed by atoms with Crippen LogP contribution in [0, 0.1) is 6.92 Å². The van der Waals surface area contributed by atoms with Crippen molar-refractivity contribution in [2.45, 2.75) is 19.4 Å². The number of anilines is 2. The highest BCUT2D eigenvalue weighted by atomic mass is 16.5.